The molecule has 0 radical (unpaired) electrons. The van der Waals surface area contributed by atoms with Crippen molar-refractivity contribution < 1.29 is 158 Å². The SMILES string of the molecule is CC(=O)N[C@H]1[C@H]([C@H](O)[C@H](O)CNC(=O)c2ccc(-c3cccs3)cc2)O[C@]([C-]=O)(OCCCSCCNC(=O)c2ccc(C(=O)CCCSCCCO[C@]3(C(=O)[O-])C[C@H](O)[C@@H](NC(C)=O)[C@H]([C@H](O)[C@H](O)CNC(=O)c4ccc(-c5cccs5)cc4)O3)cc2)C[C@@H]1O.[Na+].[Na+].[OH-]. The molecule has 500 valence electrons. The summed E-state index contributed by atoms with van der Waals surface area (Å²) in [5.41, 5.74) is 3.16. The molecule has 5 aromatic rings. The second-order valence-corrected chi connectivity index (χ2v) is 26.0. The minimum absolute atomic E-state index is 0. The van der Waals surface area contributed by atoms with Gasteiger partial charge in [0.1, 0.15) is 30.4 Å². The number of ketones is 1. The number of benzene rings is 3. The smallest absolute Gasteiger partial charge is 0.870 e. The predicted molar refractivity (Wildman–Crippen MR) is 341 cm³/mol. The standard InChI is InChI=1S/C63H76N5O19S4.2Na.H2O/c1-37(70)67-52-46(73)32-62(36-69,86-56(52)54(77)48(75)34-65-59(80)43-19-13-40(14-20-43)50-9-4-29-90-50)84-24-6-28-89-31-23-64-58(79)42-17-11-39(12-18-42)45(72)8-3-26-88-27-7-25-85-63(61(82)83)33-47(74)53(68-38(2)71)57(87-63)55(78)49(76)35-66-60(81)44-21-15-41(16-22-44)51-10-5-30-91-51;;;/h4-5,9-22,29-30,46-49,52-57,73-78H,3,6-8,23-28,31-35H2,1-2H3,(H,64,79)(H,65,80)(H,66,81)(H,67,70)(H,68,71)(H,82,83);;;1H2/q-1;2*+1;/p-2/t46-,47-,48+,49+,52+,53+,54+,55+,56+,57+,62+,63+;;;/m0.../s1. The summed E-state index contributed by atoms with van der Waals surface area (Å²) in [5.74, 6) is -7.35. The first kappa shape index (κ1) is 81.9. The predicted octanol–water partition coefficient (Wildman–Crippen LogP) is -4.19. The molecule has 0 spiro atoms. The summed E-state index contributed by atoms with van der Waals surface area (Å²) in [6, 6.07) is 24.8. The molecule has 94 heavy (non-hydrogen) atoms. The number of rotatable bonds is 35. The normalized spacial score (nSPS) is 22.0. The molecule has 0 unspecified atom stereocenters. The van der Waals surface area contributed by atoms with Gasteiger partial charge in [-0.3, -0.25) is 28.8 Å². The van der Waals surface area contributed by atoms with Gasteiger partial charge in [-0.25, -0.2) is 6.29 Å². The van der Waals surface area contributed by atoms with Crippen molar-refractivity contribution in [2.24, 2.45) is 0 Å². The van der Waals surface area contributed by atoms with Crippen LogP contribution < -0.4 is 90.8 Å². The van der Waals surface area contributed by atoms with Gasteiger partial charge in [-0.15, -0.1) is 22.7 Å². The van der Waals surface area contributed by atoms with Crippen molar-refractivity contribution >= 4 is 93.8 Å². The molecule has 4 heterocycles. The molecule has 2 aromatic heterocycles. The van der Waals surface area contributed by atoms with E-state index in [0.29, 0.717) is 65.5 Å². The Labute approximate surface area is 604 Å². The van der Waals surface area contributed by atoms with Gasteiger partial charge in [-0.1, -0.05) is 48.5 Å². The molecule has 2 aliphatic rings. The third-order valence-electron chi connectivity index (χ3n) is 14.9. The van der Waals surface area contributed by atoms with Crippen molar-refractivity contribution in [1.82, 2.24) is 26.6 Å². The summed E-state index contributed by atoms with van der Waals surface area (Å²) < 4.78 is 23.2. The van der Waals surface area contributed by atoms with Crippen LogP contribution in [0.5, 0.6) is 0 Å². The van der Waals surface area contributed by atoms with E-state index in [1.165, 1.54) is 41.8 Å². The Morgan fingerprint density at radius 2 is 1.03 bits per heavy atom. The van der Waals surface area contributed by atoms with E-state index in [1.54, 1.807) is 90.4 Å². The molecule has 2 aliphatic heterocycles. The number of carbonyl (C=O) groups is 7. The number of carboxylic acid groups (broad SMARTS) is 1. The largest absolute Gasteiger partial charge is 1.00 e. The number of aliphatic hydroxyl groups excluding tert-OH is 6. The Hall–Kier alpha value is -4.52. The molecule has 2 fully saturated rings. The Kier molecular flexibility index (Phi) is 35.2. The zero-order valence-corrected chi connectivity index (χ0v) is 59.6. The second kappa shape index (κ2) is 40.4. The third-order valence-corrected chi connectivity index (χ3v) is 19.0. The van der Waals surface area contributed by atoms with Crippen molar-refractivity contribution in [1.29, 1.82) is 0 Å². The first-order valence-corrected chi connectivity index (χ1v) is 33.5. The van der Waals surface area contributed by atoms with Gasteiger partial charge >= 0.3 is 59.1 Å². The minimum Gasteiger partial charge on any atom is -0.870 e. The van der Waals surface area contributed by atoms with Crippen LogP contribution in [0.2, 0.25) is 0 Å². The monoisotopic (exact) mass is 1400 g/mol. The molecule has 12 N–H and O–H groups in total. The van der Waals surface area contributed by atoms with Crippen molar-refractivity contribution in [3.63, 3.8) is 0 Å². The number of aliphatic hydroxyl groups is 6. The van der Waals surface area contributed by atoms with Crippen LogP contribution >= 0.6 is 46.2 Å². The number of carbonyl (C=O) groups excluding carboxylic acids is 8. The van der Waals surface area contributed by atoms with E-state index in [1.807, 2.05) is 35.0 Å². The number of Topliss-reactive ketones (excluding diaryl/α,β-unsaturated/α-hetero) is 1. The van der Waals surface area contributed by atoms with Crippen LogP contribution in [-0.4, -0.2) is 212 Å². The van der Waals surface area contributed by atoms with Crippen molar-refractivity contribution in [3.05, 3.63) is 130 Å². The molecule has 0 bridgehead atoms. The number of thiophene rings is 2. The molecule has 5 amide bonds. The van der Waals surface area contributed by atoms with E-state index >= 15 is 0 Å². The molecule has 2 saturated heterocycles. The van der Waals surface area contributed by atoms with Gasteiger partial charge in [0, 0.05) is 97.1 Å². The summed E-state index contributed by atoms with van der Waals surface area (Å²) in [6.45, 7) is 1.43. The Balaban J connectivity index is 0.00000627. The van der Waals surface area contributed by atoms with Crippen LogP contribution in [-0.2, 0) is 38.1 Å². The van der Waals surface area contributed by atoms with Crippen LogP contribution in [0.15, 0.2) is 108 Å². The van der Waals surface area contributed by atoms with E-state index in [2.05, 4.69) is 26.6 Å². The fraction of sp³-hybridized carbons (Fsp3) is 0.460. The van der Waals surface area contributed by atoms with Crippen molar-refractivity contribution in [2.45, 2.75) is 125 Å². The van der Waals surface area contributed by atoms with Gasteiger partial charge in [0.25, 0.3) is 17.7 Å². The van der Waals surface area contributed by atoms with E-state index < -0.39 is 128 Å². The zero-order chi connectivity index (χ0) is 65.7. The first-order chi connectivity index (χ1) is 43.6. The van der Waals surface area contributed by atoms with Crippen LogP contribution in [0, 0.1) is 0 Å². The number of amides is 5. The number of hydrogen-bond acceptors (Lipinski definition) is 24. The number of aliphatic carboxylic acids is 1. The second-order valence-electron chi connectivity index (χ2n) is 21.7. The molecular formula is C63H76N5Na2O20S4-. The molecule has 3 aromatic carbocycles. The van der Waals surface area contributed by atoms with E-state index in [9.17, 15) is 74.1 Å². The molecule has 7 rings (SSSR count). The van der Waals surface area contributed by atoms with Crippen molar-refractivity contribution in [2.75, 3.05) is 55.9 Å². The van der Waals surface area contributed by atoms with E-state index in [-0.39, 0.29) is 101 Å². The fourth-order valence-corrected chi connectivity index (χ4v) is 13.3. The maximum Gasteiger partial charge on any atom is 1.00 e. The van der Waals surface area contributed by atoms with E-state index in [0.717, 1.165) is 27.8 Å². The summed E-state index contributed by atoms with van der Waals surface area (Å²) in [5, 5.41) is 96.0. The van der Waals surface area contributed by atoms with Gasteiger partial charge in [-0.05, 0) is 107 Å². The van der Waals surface area contributed by atoms with E-state index in [4.69, 9.17) is 18.9 Å². The molecule has 0 saturated carbocycles. The number of thioether (sulfide) groups is 2. The maximum atomic E-state index is 13.0. The fourth-order valence-electron chi connectivity index (χ4n) is 10.1. The number of ether oxygens (including phenoxy) is 4. The van der Waals surface area contributed by atoms with Crippen LogP contribution in [0.25, 0.3) is 20.9 Å². The third kappa shape index (κ3) is 23.6. The Bertz CT molecular complexity index is 3200. The minimum atomic E-state index is -2.58. The number of hydrogen-bond donors (Lipinski definition) is 11. The van der Waals surface area contributed by atoms with Gasteiger partial charge in [0.05, 0.1) is 48.9 Å². The molecule has 12 atom stereocenters. The molecule has 31 heteroatoms. The average Bonchev–Trinajstić information content (AvgIpc) is 1.59. The zero-order valence-electron chi connectivity index (χ0n) is 52.3. The van der Waals surface area contributed by atoms with Crippen LogP contribution in [0.1, 0.15) is 93.8 Å². The first-order valence-electron chi connectivity index (χ1n) is 29.4. The molecular weight excluding hydrogens is 1320 g/mol. The number of nitrogens with one attached hydrogen (secondary N) is 5. The Morgan fingerprint density at radius 1 is 0.606 bits per heavy atom. The summed E-state index contributed by atoms with van der Waals surface area (Å²) in [7, 11) is 0. The summed E-state index contributed by atoms with van der Waals surface area (Å²) in [4.78, 5) is 103. The maximum absolute atomic E-state index is 13.0. The quantitative estimate of drug-likeness (QED) is 0.00793. The van der Waals surface area contributed by atoms with Gasteiger partial charge < -0.3 is 96.3 Å². The number of carboxylic acids is 1. The van der Waals surface area contributed by atoms with Crippen LogP contribution in [0.3, 0.4) is 0 Å². The average molecular weight is 1400 g/mol. The Morgan fingerprint density at radius 3 is 1.49 bits per heavy atom. The topological polar surface area (TPSA) is 408 Å². The van der Waals surface area contributed by atoms with Gasteiger partial charge in [-0.2, -0.15) is 23.5 Å². The van der Waals surface area contributed by atoms with Crippen molar-refractivity contribution in [3.8, 4) is 20.9 Å². The van der Waals surface area contributed by atoms with Crippen LogP contribution in [0.4, 0.5) is 0 Å². The summed E-state index contributed by atoms with van der Waals surface area (Å²) in [6.07, 6.45) is -11.6. The molecule has 25 nitrogen and oxygen atoms in total. The van der Waals surface area contributed by atoms with Gasteiger partial charge in [0.2, 0.25) is 17.6 Å². The summed E-state index contributed by atoms with van der Waals surface area (Å²) >= 11 is 6.04. The molecule has 0 aliphatic carbocycles. The van der Waals surface area contributed by atoms with Gasteiger partial charge in [0.15, 0.2) is 5.78 Å².